The Balaban J connectivity index is 1.85. The molecule has 1 aromatic heterocycles. The number of para-hydroxylation sites is 1. The molecule has 0 spiro atoms. The van der Waals surface area contributed by atoms with Crippen LogP contribution in [0.15, 0.2) is 92.2 Å². The maximum absolute atomic E-state index is 6.65. The molecule has 1 aliphatic heterocycles. The number of fused-ring (bicyclic) bond motifs is 1. The van der Waals surface area contributed by atoms with Gasteiger partial charge in [-0.25, -0.2) is 0 Å². The van der Waals surface area contributed by atoms with E-state index in [-0.39, 0.29) is 6.23 Å². The lowest BCUT2D eigenvalue weighted by Crippen LogP contribution is -2.58. The fourth-order valence-corrected chi connectivity index (χ4v) is 5.49. The van der Waals surface area contributed by atoms with Gasteiger partial charge in [0.15, 0.2) is 0 Å². The van der Waals surface area contributed by atoms with Gasteiger partial charge in [0.1, 0.15) is 6.54 Å². The number of ether oxygens (including phenoxy) is 1. The molecular formula is C29H35N2O+. The summed E-state index contributed by atoms with van der Waals surface area (Å²) in [6.07, 6.45) is 8.24. The number of quaternary nitrogens is 1. The number of benzene rings is 2. The first kappa shape index (κ1) is 22.4. The first-order chi connectivity index (χ1) is 15.7. The molecule has 4 unspecified atom stereocenters. The number of hydrogen-bond donors (Lipinski definition) is 0. The van der Waals surface area contributed by atoms with E-state index in [1.165, 1.54) is 29.4 Å². The van der Waals surface area contributed by atoms with Crippen LogP contribution in [0.3, 0.4) is 0 Å². The summed E-state index contributed by atoms with van der Waals surface area (Å²) in [5.41, 5.74) is 3.57. The van der Waals surface area contributed by atoms with Gasteiger partial charge < -0.3 is 4.74 Å². The van der Waals surface area contributed by atoms with E-state index in [0.717, 1.165) is 29.6 Å². The highest BCUT2D eigenvalue weighted by Gasteiger charge is 2.46. The van der Waals surface area contributed by atoms with Crippen LogP contribution in [-0.2, 0) is 11.3 Å². The maximum Gasteiger partial charge on any atom is 0.221 e. The first-order valence-electron chi connectivity index (χ1n) is 11.8. The summed E-state index contributed by atoms with van der Waals surface area (Å²) in [6, 6.07) is 21.4. The Labute approximate surface area is 192 Å². The zero-order valence-corrected chi connectivity index (χ0v) is 19.2. The number of likely N-dealkylation sites (tertiary alicyclic amines) is 1. The predicted molar refractivity (Wildman–Crippen MR) is 133 cm³/mol. The Morgan fingerprint density at radius 1 is 1.09 bits per heavy atom. The topological polar surface area (TPSA) is 22.1 Å². The SMILES string of the molecule is C=CCOC(c1ccnc2ccccc12)[N+]1(Cc2ccccc2)CCC(CC)C(C=C)C1. The summed E-state index contributed by atoms with van der Waals surface area (Å²) in [5.74, 6) is 1.16. The van der Waals surface area contributed by atoms with Crippen LogP contribution in [0.1, 0.15) is 37.1 Å². The van der Waals surface area contributed by atoms with E-state index in [9.17, 15) is 0 Å². The van der Waals surface area contributed by atoms with Crippen LogP contribution >= 0.6 is 0 Å². The van der Waals surface area contributed by atoms with Gasteiger partial charge in [0, 0.05) is 35.0 Å². The van der Waals surface area contributed by atoms with E-state index in [2.05, 4.69) is 85.7 Å². The largest absolute Gasteiger partial charge is 0.321 e. The van der Waals surface area contributed by atoms with Gasteiger partial charge in [-0.1, -0.05) is 74.0 Å². The van der Waals surface area contributed by atoms with Gasteiger partial charge in [-0.15, -0.1) is 13.2 Å². The monoisotopic (exact) mass is 427 g/mol. The Morgan fingerprint density at radius 3 is 2.62 bits per heavy atom. The average molecular weight is 428 g/mol. The second kappa shape index (κ2) is 10.2. The maximum atomic E-state index is 6.65. The third-order valence-corrected chi connectivity index (χ3v) is 7.11. The second-order valence-corrected chi connectivity index (χ2v) is 9.02. The smallest absolute Gasteiger partial charge is 0.221 e. The Morgan fingerprint density at radius 2 is 1.88 bits per heavy atom. The van der Waals surface area contributed by atoms with Crippen molar-refractivity contribution in [3.8, 4) is 0 Å². The van der Waals surface area contributed by atoms with Crippen LogP contribution in [0.2, 0.25) is 0 Å². The molecule has 0 N–H and O–H groups in total. The molecule has 0 saturated carbocycles. The summed E-state index contributed by atoms with van der Waals surface area (Å²) in [7, 11) is 0. The Hall–Kier alpha value is -2.75. The van der Waals surface area contributed by atoms with E-state index in [0.29, 0.717) is 18.4 Å². The molecule has 1 saturated heterocycles. The van der Waals surface area contributed by atoms with E-state index in [1.807, 2.05) is 18.3 Å². The highest BCUT2D eigenvalue weighted by atomic mass is 16.5. The minimum atomic E-state index is -0.0960. The van der Waals surface area contributed by atoms with Crippen LogP contribution < -0.4 is 0 Å². The summed E-state index contributed by atoms with van der Waals surface area (Å²) >= 11 is 0. The minimum Gasteiger partial charge on any atom is -0.321 e. The zero-order valence-electron chi connectivity index (χ0n) is 19.2. The standard InChI is InChI=1S/C29H35N2O/c1-4-20-32-29(27-16-18-30-28-15-11-10-14-26(27)28)31(21-23-12-8-7-9-13-23)19-17-24(5-2)25(6-3)22-31/h4,6-16,18,24-25,29H,1,3,5,17,19-22H2,2H3/q+1. The quantitative estimate of drug-likeness (QED) is 0.280. The lowest BCUT2D eigenvalue weighted by molar-refractivity contribution is -0.997. The molecule has 0 amide bonds. The van der Waals surface area contributed by atoms with Crippen molar-refractivity contribution in [2.24, 2.45) is 11.8 Å². The third kappa shape index (κ3) is 4.55. The summed E-state index contributed by atoms with van der Waals surface area (Å²) in [5, 5.41) is 1.17. The van der Waals surface area contributed by atoms with Crippen LogP contribution in [0, 0.1) is 11.8 Å². The van der Waals surface area contributed by atoms with Crippen molar-refractivity contribution in [3.05, 3.63) is 103 Å². The summed E-state index contributed by atoms with van der Waals surface area (Å²) < 4.78 is 7.51. The van der Waals surface area contributed by atoms with Gasteiger partial charge in [0.05, 0.1) is 25.2 Å². The lowest BCUT2D eigenvalue weighted by atomic mass is 9.81. The van der Waals surface area contributed by atoms with Gasteiger partial charge in [0.25, 0.3) is 0 Å². The highest BCUT2D eigenvalue weighted by molar-refractivity contribution is 5.82. The third-order valence-electron chi connectivity index (χ3n) is 7.11. The Bertz CT molecular complexity index is 1040. The lowest BCUT2D eigenvalue weighted by Gasteiger charge is -2.50. The van der Waals surface area contributed by atoms with E-state index in [1.54, 1.807) is 0 Å². The van der Waals surface area contributed by atoms with Crippen LogP contribution in [-0.4, -0.2) is 29.2 Å². The number of aromatic nitrogens is 1. The molecule has 4 rings (SSSR count). The van der Waals surface area contributed by atoms with Crippen molar-refractivity contribution in [2.45, 2.75) is 32.5 Å². The highest BCUT2D eigenvalue weighted by Crippen LogP contribution is 2.42. The van der Waals surface area contributed by atoms with Crippen molar-refractivity contribution in [3.63, 3.8) is 0 Å². The molecule has 3 heteroatoms. The van der Waals surface area contributed by atoms with Crippen molar-refractivity contribution < 1.29 is 9.22 Å². The predicted octanol–water partition coefficient (Wildman–Crippen LogP) is 6.69. The van der Waals surface area contributed by atoms with E-state index in [4.69, 9.17) is 4.74 Å². The normalized spacial score (nSPS) is 24.2. The molecular weight excluding hydrogens is 392 g/mol. The average Bonchev–Trinajstić information content (AvgIpc) is 2.85. The molecule has 2 heterocycles. The number of rotatable bonds is 9. The molecule has 1 fully saturated rings. The van der Waals surface area contributed by atoms with Gasteiger partial charge >= 0.3 is 0 Å². The van der Waals surface area contributed by atoms with Gasteiger partial charge in [0.2, 0.25) is 6.23 Å². The van der Waals surface area contributed by atoms with Crippen molar-refractivity contribution >= 4 is 10.9 Å². The summed E-state index contributed by atoms with van der Waals surface area (Å²) in [6.45, 7) is 14.0. The number of hydrogen-bond acceptors (Lipinski definition) is 2. The molecule has 0 aliphatic carbocycles. The molecule has 0 bridgehead atoms. The van der Waals surface area contributed by atoms with E-state index >= 15 is 0 Å². The van der Waals surface area contributed by atoms with Crippen LogP contribution in [0.25, 0.3) is 10.9 Å². The molecule has 3 aromatic rings. The van der Waals surface area contributed by atoms with Crippen molar-refractivity contribution in [2.75, 3.05) is 19.7 Å². The van der Waals surface area contributed by atoms with Crippen LogP contribution in [0.4, 0.5) is 0 Å². The number of pyridine rings is 1. The van der Waals surface area contributed by atoms with Crippen molar-refractivity contribution in [1.29, 1.82) is 0 Å². The van der Waals surface area contributed by atoms with E-state index < -0.39 is 0 Å². The molecule has 3 nitrogen and oxygen atoms in total. The molecule has 0 radical (unpaired) electrons. The molecule has 2 aromatic carbocycles. The molecule has 4 atom stereocenters. The van der Waals surface area contributed by atoms with Gasteiger partial charge in [-0.2, -0.15) is 0 Å². The second-order valence-electron chi connectivity index (χ2n) is 9.02. The Kier molecular flexibility index (Phi) is 7.19. The number of nitrogens with zero attached hydrogens (tertiary/aromatic N) is 2. The van der Waals surface area contributed by atoms with Gasteiger partial charge in [-0.3, -0.25) is 9.47 Å². The molecule has 32 heavy (non-hydrogen) atoms. The fourth-order valence-electron chi connectivity index (χ4n) is 5.49. The van der Waals surface area contributed by atoms with Crippen molar-refractivity contribution in [1.82, 2.24) is 4.98 Å². The fraction of sp³-hybridized carbons (Fsp3) is 0.345. The first-order valence-corrected chi connectivity index (χ1v) is 11.8. The van der Waals surface area contributed by atoms with Crippen LogP contribution in [0.5, 0.6) is 0 Å². The number of piperidine rings is 1. The molecule has 166 valence electrons. The molecule has 1 aliphatic rings. The minimum absolute atomic E-state index is 0.0960. The van der Waals surface area contributed by atoms with Gasteiger partial charge in [-0.05, 0) is 18.1 Å². The summed E-state index contributed by atoms with van der Waals surface area (Å²) in [4.78, 5) is 4.61. The zero-order chi connectivity index (χ0) is 22.4.